The van der Waals surface area contributed by atoms with Gasteiger partial charge in [0.1, 0.15) is 0 Å². The van der Waals surface area contributed by atoms with E-state index in [1.807, 2.05) is 12.1 Å². The fourth-order valence-electron chi connectivity index (χ4n) is 0.958. The number of hydrogen-bond donors (Lipinski definition) is 0. The third kappa shape index (κ3) is 2.23. The number of hydrogen-bond acceptors (Lipinski definition) is 0. The van der Waals surface area contributed by atoms with Gasteiger partial charge in [0.15, 0.2) is 0 Å². The predicted molar refractivity (Wildman–Crippen MR) is 49.8 cm³/mol. The predicted octanol–water partition coefficient (Wildman–Crippen LogP) is 3.67. The summed E-state index contributed by atoms with van der Waals surface area (Å²) in [5, 5.41) is 0.796. The molecule has 1 aromatic carbocycles. The number of halogens is 1. The molecule has 1 aromatic rings. The molecule has 0 N–H and O–H groups in total. The minimum atomic E-state index is 0.535. The molecule has 1 radical (unpaired) electrons. The van der Waals surface area contributed by atoms with E-state index in [0.717, 1.165) is 11.4 Å². The Hall–Kier alpha value is -0.490. The van der Waals surface area contributed by atoms with E-state index in [9.17, 15) is 0 Å². The summed E-state index contributed by atoms with van der Waals surface area (Å²) in [5.41, 5.74) is 1.31. The van der Waals surface area contributed by atoms with E-state index in [0.29, 0.717) is 5.92 Å². The lowest BCUT2D eigenvalue weighted by Crippen LogP contribution is -1.89. The Morgan fingerprint density at radius 1 is 1.36 bits per heavy atom. The Balaban J connectivity index is 2.81. The van der Waals surface area contributed by atoms with Crippen LogP contribution >= 0.6 is 11.6 Å². The van der Waals surface area contributed by atoms with Crippen LogP contribution < -0.4 is 0 Å². The first-order valence-corrected chi connectivity index (χ1v) is 4.16. The van der Waals surface area contributed by atoms with E-state index >= 15 is 0 Å². The highest BCUT2D eigenvalue weighted by Crippen LogP contribution is 2.19. The minimum absolute atomic E-state index is 0.535. The standard InChI is InChI=1S/C10H12Cl/c1-3-8(2)9-4-6-10(11)7-5-9/h4-8H,1,3H2,2H3/t8-/m0/s1. The third-order valence-corrected chi connectivity index (χ3v) is 2.12. The summed E-state index contributed by atoms with van der Waals surface area (Å²) in [5.74, 6) is 0.535. The maximum absolute atomic E-state index is 5.74. The smallest absolute Gasteiger partial charge is 0.0406 e. The second-order valence-electron chi connectivity index (χ2n) is 2.74. The van der Waals surface area contributed by atoms with Gasteiger partial charge in [0.2, 0.25) is 0 Å². The quantitative estimate of drug-likeness (QED) is 0.631. The molecule has 0 nitrogen and oxygen atoms in total. The lowest BCUT2D eigenvalue weighted by Gasteiger charge is -2.07. The second kappa shape index (κ2) is 3.77. The fourth-order valence-corrected chi connectivity index (χ4v) is 1.08. The van der Waals surface area contributed by atoms with Crippen molar-refractivity contribution in [2.75, 3.05) is 0 Å². The molecule has 0 aliphatic carbocycles. The van der Waals surface area contributed by atoms with Crippen LogP contribution in [0, 0.1) is 6.92 Å². The zero-order chi connectivity index (χ0) is 8.27. The zero-order valence-electron chi connectivity index (χ0n) is 6.68. The van der Waals surface area contributed by atoms with E-state index in [-0.39, 0.29) is 0 Å². The molecule has 0 unspecified atom stereocenters. The van der Waals surface area contributed by atoms with Gasteiger partial charge in [-0.15, -0.1) is 0 Å². The van der Waals surface area contributed by atoms with Gasteiger partial charge in [0, 0.05) is 5.02 Å². The topological polar surface area (TPSA) is 0 Å². The van der Waals surface area contributed by atoms with Crippen molar-refractivity contribution in [3.8, 4) is 0 Å². The van der Waals surface area contributed by atoms with Gasteiger partial charge in [0.25, 0.3) is 0 Å². The molecule has 0 aliphatic rings. The largest absolute Gasteiger partial charge is 0.0843 e. The van der Waals surface area contributed by atoms with Crippen LogP contribution in [0.1, 0.15) is 24.8 Å². The van der Waals surface area contributed by atoms with Crippen molar-refractivity contribution in [2.24, 2.45) is 0 Å². The molecule has 0 fully saturated rings. The first kappa shape index (κ1) is 8.61. The number of rotatable bonds is 2. The van der Waals surface area contributed by atoms with Crippen molar-refractivity contribution in [3.63, 3.8) is 0 Å². The monoisotopic (exact) mass is 167 g/mol. The molecule has 0 saturated carbocycles. The van der Waals surface area contributed by atoms with Crippen molar-refractivity contribution in [3.05, 3.63) is 41.8 Å². The summed E-state index contributed by atoms with van der Waals surface area (Å²) >= 11 is 5.74. The van der Waals surface area contributed by atoms with Crippen LogP contribution in [-0.4, -0.2) is 0 Å². The summed E-state index contributed by atoms with van der Waals surface area (Å²) in [6.45, 7) is 6.01. The molecule has 0 aliphatic heterocycles. The van der Waals surface area contributed by atoms with Crippen LogP contribution in [0.25, 0.3) is 0 Å². The van der Waals surface area contributed by atoms with Crippen LogP contribution in [-0.2, 0) is 0 Å². The zero-order valence-corrected chi connectivity index (χ0v) is 7.43. The normalized spacial score (nSPS) is 13.0. The average Bonchev–Trinajstić information content (AvgIpc) is 2.05. The Kier molecular flexibility index (Phi) is 2.95. The first-order chi connectivity index (χ1) is 5.24. The average molecular weight is 168 g/mol. The lowest BCUT2D eigenvalue weighted by molar-refractivity contribution is 0.778. The molecule has 1 heteroatoms. The van der Waals surface area contributed by atoms with Gasteiger partial charge in [-0.25, -0.2) is 0 Å². The molecule has 1 rings (SSSR count). The summed E-state index contributed by atoms with van der Waals surface area (Å²) < 4.78 is 0. The molecule has 0 amide bonds. The highest BCUT2D eigenvalue weighted by atomic mass is 35.5. The van der Waals surface area contributed by atoms with Crippen LogP contribution in [0.2, 0.25) is 5.02 Å². The molecule has 0 saturated heterocycles. The summed E-state index contributed by atoms with van der Waals surface area (Å²) in [4.78, 5) is 0. The van der Waals surface area contributed by atoms with Crippen LogP contribution in [0.4, 0.5) is 0 Å². The maximum Gasteiger partial charge on any atom is 0.0406 e. The fraction of sp³-hybridized carbons (Fsp3) is 0.300. The lowest BCUT2D eigenvalue weighted by atomic mass is 9.99. The van der Waals surface area contributed by atoms with Crippen molar-refractivity contribution in [1.29, 1.82) is 0 Å². The second-order valence-corrected chi connectivity index (χ2v) is 3.18. The molecular formula is C10H12Cl. The Labute approximate surface area is 73.2 Å². The van der Waals surface area contributed by atoms with Crippen molar-refractivity contribution in [2.45, 2.75) is 19.3 Å². The highest BCUT2D eigenvalue weighted by molar-refractivity contribution is 6.30. The third-order valence-electron chi connectivity index (χ3n) is 1.87. The summed E-state index contributed by atoms with van der Waals surface area (Å²) in [6, 6.07) is 7.95. The van der Waals surface area contributed by atoms with Crippen molar-refractivity contribution < 1.29 is 0 Å². The minimum Gasteiger partial charge on any atom is -0.0843 e. The van der Waals surface area contributed by atoms with Gasteiger partial charge in [-0.2, -0.15) is 0 Å². The summed E-state index contributed by atoms with van der Waals surface area (Å²) in [6.07, 6.45) is 0.932. The van der Waals surface area contributed by atoms with E-state index in [1.54, 1.807) is 0 Å². The molecule has 59 valence electrons. The molecule has 0 spiro atoms. The first-order valence-electron chi connectivity index (χ1n) is 3.78. The molecular weight excluding hydrogens is 156 g/mol. The summed E-state index contributed by atoms with van der Waals surface area (Å²) in [7, 11) is 0. The Morgan fingerprint density at radius 3 is 2.36 bits per heavy atom. The van der Waals surface area contributed by atoms with Gasteiger partial charge in [-0.05, 0) is 30.0 Å². The van der Waals surface area contributed by atoms with Crippen molar-refractivity contribution >= 4 is 11.6 Å². The van der Waals surface area contributed by atoms with Crippen LogP contribution in [0.3, 0.4) is 0 Å². The van der Waals surface area contributed by atoms with Crippen molar-refractivity contribution in [1.82, 2.24) is 0 Å². The number of benzene rings is 1. The highest BCUT2D eigenvalue weighted by Gasteiger charge is 2.00. The van der Waals surface area contributed by atoms with E-state index in [4.69, 9.17) is 11.6 Å². The molecule has 11 heavy (non-hydrogen) atoms. The van der Waals surface area contributed by atoms with E-state index < -0.39 is 0 Å². The van der Waals surface area contributed by atoms with Gasteiger partial charge in [0.05, 0.1) is 0 Å². The molecule has 0 heterocycles. The molecule has 1 atom stereocenters. The Bertz CT molecular complexity index is 213. The molecule has 0 bridgehead atoms. The van der Waals surface area contributed by atoms with E-state index in [1.165, 1.54) is 5.56 Å². The van der Waals surface area contributed by atoms with Gasteiger partial charge in [-0.3, -0.25) is 0 Å². The Morgan fingerprint density at radius 2 is 1.91 bits per heavy atom. The van der Waals surface area contributed by atoms with E-state index in [2.05, 4.69) is 26.0 Å². The van der Waals surface area contributed by atoms with Gasteiger partial charge >= 0.3 is 0 Å². The van der Waals surface area contributed by atoms with Gasteiger partial charge < -0.3 is 0 Å². The SMILES string of the molecule is [CH2]C[C@H](C)c1ccc(Cl)cc1. The van der Waals surface area contributed by atoms with Gasteiger partial charge in [-0.1, -0.05) is 37.6 Å². The van der Waals surface area contributed by atoms with Crippen LogP contribution in [0.15, 0.2) is 24.3 Å². The maximum atomic E-state index is 5.74. The molecule has 0 aromatic heterocycles. The van der Waals surface area contributed by atoms with Crippen LogP contribution in [0.5, 0.6) is 0 Å².